The highest BCUT2D eigenvalue weighted by Gasteiger charge is 2.19. The van der Waals surface area contributed by atoms with Gasteiger partial charge in [0.05, 0.1) is 10.7 Å². The summed E-state index contributed by atoms with van der Waals surface area (Å²) in [5.74, 6) is 0. The Labute approximate surface area is 134 Å². The van der Waals surface area contributed by atoms with Crippen molar-refractivity contribution in [2.75, 3.05) is 18.3 Å². The molecule has 0 amide bonds. The molecule has 110 valence electrons. The van der Waals surface area contributed by atoms with Crippen LogP contribution in [0.2, 0.25) is 5.02 Å². The van der Waals surface area contributed by atoms with Gasteiger partial charge < -0.3 is 9.62 Å². The summed E-state index contributed by atoms with van der Waals surface area (Å²) in [6.07, 6.45) is 2.89. The van der Waals surface area contributed by atoms with Gasteiger partial charge in [0.25, 0.3) is 0 Å². The van der Waals surface area contributed by atoms with Crippen LogP contribution in [0.25, 0.3) is 0 Å². The Kier molecular flexibility index (Phi) is 4.38. The van der Waals surface area contributed by atoms with Gasteiger partial charge in [-0.3, -0.25) is 0 Å². The molecule has 3 rings (SSSR count). The second-order valence-electron chi connectivity index (χ2n) is 5.38. The third-order valence-corrected chi connectivity index (χ3v) is 5.00. The fourth-order valence-electron chi connectivity index (χ4n) is 2.53. The minimum absolute atomic E-state index is 0.769. The van der Waals surface area contributed by atoms with Crippen LogP contribution in [0.5, 0.6) is 0 Å². The predicted molar refractivity (Wildman–Crippen MR) is 89.9 cm³/mol. The van der Waals surface area contributed by atoms with Crippen LogP contribution in [0, 0.1) is 6.92 Å². The maximum Gasteiger partial charge on any atom is 0.119 e. The van der Waals surface area contributed by atoms with Crippen molar-refractivity contribution in [2.45, 2.75) is 24.9 Å². The molecule has 0 saturated carbocycles. The molecule has 1 N–H and O–H groups in total. The van der Waals surface area contributed by atoms with Gasteiger partial charge in [-0.1, -0.05) is 23.7 Å². The molecule has 0 spiro atoms. The van der Waals surface area contributed by atoms with Crippen LogP contribution in [0.4, 0.5) is 5.69 Å². The Hall–Kier alpha value is -1.23. The molecule has 0 atom stereocenters. The molecule has 1 aliphatic heterocycles. The number of nitrogens with zero attached hydrogens (tertiary/aromatic N) is 2. The average Bonchev–Trinajstić information content (AvgIpc) is 2.48. The molecule has 0 aliphatic carbocycles. The van der Waals surface area contributed by atoms with Crippen LogP contribution in [0.1, 0.15) is 16.7 Å². The van der Waals surface area contributed by atoms with Crippen LogP contribution in [-0.2, 0) is 13.0 Å². The number of aryl methyl sites for hydroxylation is 1. The highest BCUT2D eigenvalue weighted by Crippen LogP contribution is 2.35. The zero-order valence-corrected chi connectivity index (χ0v) is 13.8. The van der Waals surface area contributed by atoms with Crippen molar-refractivity contribution in [2.24, 2.45) is 0 Å². The topological polar surface area (TPSA) is 28.2 Å². The molecule has 3 nitrogen and oxygen atoms in total. The Bertz CT molecular complexity index is 660. The first-order valence-corrected chi connectivity index (χ1v) is 8.18. The number of hydrogen-bond acceptors (Lipinski definition) is 4. The van der Waals surface area contributed by atoms with Crippen molar-refractivity contribution in [1.82, 2.24) is 9.88 Å². The van der Waals surface area contributed by atoms with E-state index in [1.54, 1.807) is 0 Å². The number of pyridine rings is 1. The van der Waals surface area contributed by atoms with Gasteiger partial charge >= 0.3 is 0 Å². The normalized spacial score (nSPS) is 14.8. The maximum absolute atomic E-state index is 6.40. The van der Waals surface area contributed by atoms with Gasteiger partial charge in [-0.2, -0.15) is 0 Å². The average molecular weight is 320 g/mol. The molecule has 1 aromatic carbocycles. The van der Waals surface area contributed by atoms with Gasteiger partial charge in [0, 0.05) is 31.2 Å². The molecule has 5 heteroatoms. The fourth-order valence-corrected chi connectivity index (χ4v) is 3.58. The first kappa shape index (κ1) is 14.7. The zero-order chi connectivity index (χ0) is 14.8. The largest absolute Gasteiger partial charge is 0.323 e. The number of hydrogen-bond donors (Lipinski definition) is 1. The summed E-state index contributed by atoms with van der Waals surface area (Å²) in [6.45, 7) is 4.09. The summed E-state index contributed by atoms with van der Waals surface area (Å²) in [4.78, 5) is 6.72. The number of fused-ring (bicyclic) bond motifs is 1. The standard InChI is InChI=1S/C16H18ClN3S/c1-11-4-3-8-18-16(11)21-19-15-13-10-20(2)9-7-12(13)5-6-14(15)17/h3-6,8,19H,7,9-10H2,1-2H3. The first-order valence-electron chi connectivity index (χ1n) is 6.98. The van der Waals surface area contributed by atoms with E-state index in [1.807, 2.05) is 18.3 Å². The van der Waals surface area contributed by atoms with E-state index in [2.05, 4.69) is 40.7 Å². The molecule has 21 heavy (non-hydrogen) atoms. The van der Waals surface area contributed by atoms with Gasteiger partial charge in [0.2, 0.25) is 0 Å². The van der Waals surface area contributed by atoms with Crippen LogP contribution < -0.4 is 4.72 Å². The lowest BCUT2D eigenvalue weighted by Gasteiger charge is -2.27. The summed E-state index contributed by atoms with van der Waals surface area (Å²) in [5.41, 5.74) is 4.87. The number of benzene rings is 1. The molecule has 0 fully saturated rings. The number of aromatic nitrogens is 1. The van der Waals surface area contributed by atoms with E-state index < -0.39 is 0 Å². The van der Waals surface area contributed by atoms with E-state index in [-0.39, 0.29) is 0 Å². The van der Waals surface area contributed by atoms with Crippen molar-refractivity contribution in [3.8, 4) is 0 Å². The van der Waals surface area contributed by atoms with Crippen molar-refractivity contribution in [1.29, 1.82) is 0 Å². The highest BCUT2D eigenvalue weighted by molar-refractivity contribution is 8.00. The summed E-state index contributed by atoms with van der Waals surface area (Å²) in [7, 11) is 2.14. The number of nitrogens with one attached hydrogen (secondary N) is 1. The Morgan fingerprint density at radius 2 is 2.19 bits per heavy atom. The van der Waals surface area contributed by atoms with Crippen LogP contribution in [-0.4, -0.2) is 23.5 Å². The third kappa shape index (κ3) is 3.18. The van der Waals surface area contributed by atoms with Gasteiger partial charge in [0.1, 0.15) is 5.03 Å². The minimum Gasteiger partial charge on any atom is -0.323 e. The summed E-state index contributed by atoms with van der Waals surface area (Å²) < 4.78 is 3.41. The number of rotatable bonds is 3. The van der Waals surface area contributed by atoms with Crippen molar-refractivity contribution >= 4 is 29.2 Å². The fraction of sp³-hybridized carbons (Fsp3) is 0.312. The lowest BCUT2D eigenvalue weighted by Crippen LogP contribution is -2.27. The molecular weight excluding hydrogens is 302 g/mol. The number of anilines is 1. The molecule has 0 saturated heterocycles. The zero-order valence-electron chi connectivity index (χ0n) is 12.2. The molecule has 2 heterocycles. The molecule has 0 unspecified atom stereocenters. The second kappa shape index (κ2) is 6.26. The first-order chi connectivity index (χ1) is 10.1. The van der Waals surface area contributed by atoms with E-state index in [0.29, 0.717) is 0 Å². The van der Waals surface area contributed by atoms with E-state index in [0.717, 1.165) is 40.8 Å². The summed E-state index contributed by atoms with van der Waals surface area (Å²) >= 11 is 7.92. The minimum atomic E-state index is 0.769. The van der Waals surface area contributed by atoms with E-state index in [1.165, 1.54) is 23.1 Å². The molecule has 1 aromatic heterocycles. The number of halogens is 1. The summed E-state index contributed by atoms with van der Waals surface area (Å²) in [5, 5.41) is 1.75. The van der Waals surface area contributed by atoms with Crippen molar-refractivity contribution in [3.05, 3.63) is 52.2 Å². The lowest BCUT2D eigenvalue weighted by atomic mass is 9.98. The third-order valence-electron chi connectivity index (χ3n) is 3.76. The van der Waals surface area contributed by atoms with Crippen LogP contribution in [0.3, 0.4) is 0 Å². The van der Waals surface area contributed by atoms with Gasteiger partial charge in [-0.15, -0.1) is 0 Å². The smallest absolute Gasteiger partial charge is 0.119 e. The van der Waals surface area contributed by atoms with Gasteiger partial charge in [0.15, 0.2) is 0 Å². The maximum atomic E-state index is 6.40. The Morgan fingerprint density at radius 3 is 3.00 bits per heavy atom. The van der Waals surface area contributed by atoms with Crippen LogP contribution >= 0.6 is 23.5 Å². The molecular formula is C16H18ClN3S. The predicted octanol–water partition coefficient (Wildman–Crippen LogP) is 4.15. The van der Waals surface area contributed by atoms with E-state index in [9.17, 15) is 0 Å². The lowest BCUT2D eigenvalue weighted by molar-refractivity contribution is 0.313. The van der Waals surface area contributed by atoms with Crippen LogP contribution in [0.15, 0.2) is 35.5 Å². The van der Waals surface area contributed by atoms with Crippen molar-refractivity contribution in [3.63, 3.8) is 0 Å². The highest BCUT2D eigenvalue weighted by atomic mass is 35.5. The second-order valence-corrected chi connectivity index (χ2v) is 6.58. The Balaban J connectivity index is 1.87. The molecule has 2 aromatic rings. The SMILES string of the molecule is Cc1cccnc1SNc1c(Cl)ccc2c1CN(C)CC2. The molecule has 0 radical (unpaired) electrons. The molecule has 1 aliphatic rings. The molecule has 0 bridgehead atoms. The van der Waals surface area contributed by atoms with Crippen molar-refractivity contribution < 1.29 is 0 Å². The Morgan fingerprint density at radius 1 is 1.33 bits per heavy atom. The summed E-state index contributed by atoms with van der Waals surface area (Å²) in [6, 6.07) is 8.14. The monoisotopic (exact) mass is 319 g/mol. The quantitative estimate of drug-likeness (QED) is 0.860. The van der Waals surface area contributed by atoms with Gasteiger partial charge in [-0.25, -0.2) is 4.98 Å². The number of likely N-dealkylation sites (N-methyl/N-ethyl adjacent to an activating group) is 1. The van der Waals surface area contributed by atoms with E-state index >= 15 is 0 Å². The van der Waals surface area contributed by atoms with E-state index in [4.69, 9.17) is 11.6 Å². The van der Waals surface area contributed by atoms with Gasteiger partial charge in [-0.05, 0) is 49.2 Å².